The van der Waals surface area contributed by atoms with E-state index in [9.17, 15) is 9.59 Å². The Morgan fingerprint density at radius 1 is 1.38 bits per heavy atom. The highest BCUT2D eigenvalue weighted by atomic mass is 16.4. The Morgan fingerprint density at radius 3 is 2.62 bits per heavy atom. The van der Waals surface area contributed by atoms with Gasteiger partial charge in [-0.2, -0.15) is 0 Å². The number of hydrogen-bond donors (Lipinski definition) is 2. The molecular weight excluding hydrogens is 206 g/mol. The first kappa shape index (κ1) is 14.5. The van der Waals surface area contributed by atoms with Crippen molar-refractivity contribution in [1.82, 2.24) is 5.32 Å². The number of aliphatic carboxylic acids is 1. The quantitative estimate of drug-likeness (QED) is 0.614. The molecule has 1 unspecified atom stereocenters. The molecule has 0 aliphatic heterocycles. The van der Waals surface area contributed by atoms with E-state index in [1.807, 2.05) is 6.92 Å². The number of carbonyl (C=O) groups excluding carboxylic acids is 1. The van der Waals surface area contributed by atoms with Gasteiger partial charge in [0.2, 0.25) is 5.91 Å². The molecule has 0 saturated carbocycles. The Kier molecular flexibility index (Phi) is 7.96. The van der Waals surface area contributed by atoms with Crippen LogP contribution in [0.1, 0.15) is 39.0 Å². The van der Waals surface area contributed by atoms with Gasteiger partial charge in [0.25, 0.3) is 0 Å². The first-order valence-corrected chi connectivity index (χ1v) is 5.48. The van der Waals surface area contributed by atoms with Gasteiger partial charge in [0, 0.05) is 25.8 Å². The average Bonchev–Trinajstić information content (AvgIpc) is 2.23. The van der Waals surface area contributed by atoms with Gasteiger partial charge in [-0.1, -0.05) is 6.92 Å². The van der Waals surface area contributed by atoms with E-state index in [-0.39, 0.29) is 12.3 Å². The summed E-state index contributed by atoms with van der Waals surface area (Å²) in [6, 6.07) is 0. The fourth-order valence-electron chi connectivity index (χ4n) is 1.25. The zero-order valence-corrected chi connectivity index (χ0v) is 9.66. The molecule has 2 N–H and O–H groups in total. The van der Waals surface area contributed by atoms with Crippen LogP contribution in [0.15, 0.2) is 0 Å². The molecule has 0 rings (SSSR count). The molecule has 16 heavy (non-hydrogen) atoms. The lowest BCUT2D eigenvalue weighted by Crippen LogP contribution is -2.25. The maximum atomic E-state index is 11.1. The maximum absolute atomic E-state index is 11.1. The third kappa shape index (κ3) is 9.07. The molecule has 0 bridgehead atoms. The molecule has 4 heteroatoms. The molecule has 0 aromatic rings. The van der Waals surface area contributed by atoms with Crippen LogP contribution in [0.2, 0.25) is 0 Å². The topological polar surface area (TPSA) is 66.4 Å². The molecule has 1 amide bonds. The second-order valence-electron chi connectivity index (χ2n) is 3.88. The van der Waals surface area contributed by atoms with Gasteiger partial charge in [-0.25, -0.2) is 0 Å². The summed E-state index contributed by atoms with van der Waals surface area (Å²) in [4.78, 5) is 21.5. The monoisotopic (exact) mass is 225 g/mol. The van der Waals surface area contributed by atoms with Crippen molar-refractivity contribution in [3.8, 4) is 12.3 Å². The minimum Gasteiger partial charge on any atom is -0.481 e. The molecule has 0 aromatic carbocycles. The maximum Gasteiger partial charge on any atom is 0.303 e. The minimum atomic E-state index is -0.773. The van der Waals surface area contributed by atoms with E-state index in [0.717, 1.165) is 6.42 Å². The zero-order chi connectivity index (χ0) is 12.4. The molecule has 0 spiro atoms. The zero-order valence-electron chi connectivity index (χ0n) is 9.66. The van der Waals surface area contributed by atoms with Crippen LogP contribution in [0.5, 0.6) is 0 Å². The van der Waals surface area contributed by atoms with Crippen molar-refractivity contribution < 1.29 is 14.7 Å². The van der Waals surface area contributed by atoms with Gasteiger partial charge in [0.05, 0.1) is 0 Å². The highest BCUT2D eigenvalue weighted by Gasteiger charge is 2.06. The van der Waals surface area contributed by atoms with Crippen molar-refractivity contribution in [2.45, 2.75) is 39.0 Å². The fourth-order valence-corrected chi connectivity index (χ4v) is 1.25. The first-order chi connectivity index (χ1) is 7.56. The van der Waals surface area contributed by atoms with Crippen molar-refractivity contribution in [3.05, 3.63) is 0 Å². The lowest BCUT2D eigenvalue weighted by molar-refractivity contribution is -0.137. The number of nitrogens with one attached hydrogen (secondary N) is 1. The lowest BCUT2D eigenvalue weighted by Gasteiger charge is -2.10. The molecule has 0 saturated heterocycles. The van der Waals surface area contributed by atoms with E-state index < -0.39 is 5.97 Å². The molecule has 0 aromatic heterocycles. The van der Waals surface area contributed by atoms with Gasteiger partial charge in [0.15, 0.2) is 0 Å². The summed E-state index contributed by atoms with van der Waals surface area (Å²) in [7, 11) is 0. The van der Waals surface area contributed by atoms with Crippen LogP contribution in [0.3, 0.4) is 0 Å². The summed E-state index contributed by atoms with van der Waals surface area (Å²) in [5, 5.41) is 11.2. The minimum absolute atomic E-state index is 0.0385. The van der Waals surface area contributed by atoms with E-state index >= 15 is 0 Å². The number of carboxylic acids is 1. The first-order valence-electron chi connectivity index (χ1n) is 5.48. The van der Waals surface area contributed by atoms with E-state index in [1.165, 1.54) is 0 Å². The molecule has 0 aliphatic rings. The van der Waals surface area contributed by atoms with Crippen molar-refractivity contribution in [1.29, 1.82) is 0 Å². The van der Waals surface area contributed by atoms with Crippen molar-refractivity contribution in [2.24, 2.45) is 5.92 Å². The number of rotatable bonds is 8. The highest BCUT2D eigenvalue weighted by molar-refractivity contribution is 5.76. The number of carboxylic acid groups (broad SMARTS) is 1. The van der Waals surface area contributed by atoms with Crippen LogP contribution >= 0.6 is 0 Å². The van der Waals surface area contributed by atoms with Crippen molar-refractivity contribution in [3.63, 3.8) is 0 Å². The summed E-state index contributed by atoms with van der Waals surface area (Å²) >= 11 is 0. The molecule has 1 atom stereocenters. The van der Waals surface area contributed by atoms with Crippen LogP contribution in [-0.4, -0.2) is 23.5 Å². The van der Waals surface area contributed by atoms with E-state index in [4.69, 9.17) is 11.5 Å². The van der Waals surface area contributed by atoms with E-state index in [2.05, 4.69) is 11.2 Å². The SMILES string of the molecule is C#CCCC(=O)NCCC(C)CCC(=O)O. The second kappa shape index (κ2) is 8.78. The Labute approximate surface area is 96.4 Å². The normalized spacial score (nSPS) is 11.5. The molecular formula is C12H19NO3. The summed E-state index contributed by atoms with van der Waals surface area (Å²) < 4.78 is 0. The third-order valence-corrected chi connectivity index (χ3v) is 2.31. The van der Waals surface area contributed by atoms with Crippen LogP contribution in [0, 0.1) is 18.3 Å². The van der Waals surface area contributed by atoms with Crippen LogP contribution in [0.25, 0.3) is 0 Å². The number of hydrogen-bond acceptors (Lipinski definition) is 2. The largest absolute Gasteiger partial charge is 0.481 e. The lowest BCUT2D eigenvalue weighted by atomic mass is 10.0. The van der Waals surface area contributed by atoms with Crippen molar-refractivity contribution >= 4 is 11.9 Å². The third-order valence-electron chi connectivity index (χ3n) is 2.31. The number of terminal acetylenes is 1. The Bertz CT molecular complexity index is 268. The smallest absolute Gasteiger partial charge is 0.303 e. The molecule has 90 valence electrons. The van der Waals surface area contributed by atoms with Crippen LogP contribution < -0.4 is 5.32 Å². The van der Waals surface area contributed by atoms with Gasteiger partial charge in [-0.15, -0.1) is 12.3 Å². The second-order valence-corrected chi connectivity index (χ2v) is 3.88. The predicted molar refractivity (Wildman–Crippen MR) is 61.7 cm³/mol. The molecule has 4 nitrogen and oxygen atoms in total. The summed E-state index contributed by atoms with van der Waals surface area (Å²) in [6.07, 6.45) is 7.49. The average molecular weight is 225 g/mol. The van der Waals surface area contributed by atoms with Gasteiger partial charge in [0.1, 0.15) is 0 Å². The summed E-state index contributed by atoms with van der Waals surface area (Å²) in [5.74, 6) is 1.90. The Balaban J connectivity index is 3.47. The van der Waals surface area contributed by atoms with Gasteiger partial charge in [-0.3, -0.25) is 9.59 Å². The van der Waals surface area contributed by atoms with Crippen LogP contribution in [0.4, 0.5) is 0 Å². The van der Waals surface area contributed by atoms with Gasteiger partial charge in [-0.05, 0) is 18.8 Å². The molecule has 0 aliphatic carbocycles. The van der Waals surface area contributed by atoms with Gasteiger partial charge >= 0.3 is 5.97 Å². The number of amides is 1. The standard InChI is InChI=1S/C12H19NO3/c1-3-4-5-11(14)13-9-8-10(2)6-7-12(15)16/h1,10H,4-9H2,2H3,(H,13,14)(H,15,16). The fraction of sp³-hybridized carbons (Fsp3) is 0.667. The Hall–Kier alpha value is -1.50. The van der Waals surface area contributed by atoms with Crippen molar-refractivity contribution in [2.75, 3.05) is 6.54 Å². The molecule has 0 heterocycles. The number of carbonyl (C=O) groups is 2. The van der Waals surface area contributed by atoms with Gasteiger partial charge < -0.3 is 10.4 Å². The summed E-state index contributed by atoms with van der Waals surface area (Å²) in [6.45, 7) is 2.57. The van der Waals surface area contributed by atoms with Crippen LogP contribution in [-0.2, 0) is 9.59 Å². The van der Waals surface area contributed by atoms with E-state index in [1.54, 1.807) is 0 Å². The van der Waals surface area contributed by atoms with E-state index in [0.29, 0.717) is 31.7 Å². The molecule has 0 fully saturated rings. The summed E-state index contributed by atoms with van der Waals surface area (Å²) in [5.41, 5.74) is 0. The predicted octanol–water partition coefficient (Wildman–Crippen LogP) is 1.41. The molecule has 0 radical (unpaired) electrons. The highest BCUT2D eigenvalue weighted by Crippen LogP contribution is 2.09. The Morgan fingerprint density at radius 2 is 2.06 bits per heavy atom.